The molecule has 2 amide bonds. The van der Waals surface area contributed by atoms with Gasteiger partial charge in [-0.25, -0.2) is 4.98 Å². The molecule has 1 N–H and O–H groups in total. The molecule has 152 valence electrons. The third kappa shape index (κ3) is 7.30. The van der Waals surface area contributed by atoms with E-state index >= 15 is 0 Å². The minimum atomic E-state index is -0.321. The third-order valence-electron chi connectivity index (χ3n) is 4.86. The second-order valence-electron chi connectivity index (χ2n) is 6.87. The number of rotatable bonds is 12. The van der Waals surface area contributed by atoms with Crippen molar-refractivity contribution in [2.75, 3.05) is 40.5 Å². The summed E-state index contributed by atoms with van der Waals surface area (Å²) in [6.07, 6.45) is 7.78. The molecule has 2 rings (SSSR count). The number of oxazole rings is 1. The maximum Gasteiger partial charge on any atom is 0.273 e. The van der Waals surface area contributed by atoms with Crippen molar-refractivity contribution in [2.24, 2.45) is 5.92 Å². The van der Waals surface area contributed by atoms with Crippen LogP contribution in [-0.4, -0.2) is 62.2 Å². The highest BCUT2D eigenvalue weighted by Gasteiger charge is 2.21. The van der Waals surface area contributed by atoms with Gasteiger partial charge in [0.1, 0.15) is 6.26 Å². The summed E-state index contributed by atoms with van der Waals surface area (Å²) >= 11 is 0. The van der Waals surface area contributed by atoms with Crippen LogP contribution in [0.2, 0.25) is 0 Å². The van der Waals surface area contributed by atoms with E-state index in [4.69, 9.17) is 13.9 Å². The van der Waals surface area contributed by atoms with Crippen molar-refractivity contribution in [1.29, 1.82) is 0 Å². The van der Waals surface area contributed by atoms with Crippen LogP contribution in [0.1, 0.15) is 54.9 Å². The lowest BCUT2D eigenvalue weighted by atomic mass is 10.0. The van der Waals surface area contributed by atoms with Crippen molar-refractivity contribution in [2.45, 2.75) is 45.1 Å². The first-order valence-electron chi connectivity index (χ1n) is 9.62. The molecule has 8 heteroatoms. The van der Waals surface area contributed by atoms with Gasteiger partial charge in [0.25, 0.3) is 5.91 Å². The Kier molecular flexibility index (Phi) is 9.27. The molecule has 0 radical (unpaired) electrons. The number of aromatic nitrogens is 1. The van der Waals surface area contributed by atoms with Gasteiger partial charge >= 0.3 is 0 Å². The number of ether oxygens (including phenoxy) is 2. The summed E-state index contributed by atoms with van der Waals surface area (Å²) in [6, 6.07) is 0. The predicted octanol–water partition coefficient (Wildman–Crippen LogP) is 2.00. The zero-order valence-electron chi connectivity index (χ0n) is 16.4. The average molecular weight is 381 g/mol. The van der Waals surface area contributed by atoms with E-state index in [-0.39, 0.29) is 24.1 Å². The van der Waals surface area contributed by atoms with E-state index in [0.29, 0.717) is 44.5 Å². The van der Waals surface area contributed by atoms with Gasteiger partial charge in [0.15, 0.2) is 5.69 Å². The summed E-state index contributed by atoms with van der Waals surface area (Å²) < 4.78 is 15.4. The fourth-order valence-electron chi connectivity index (χ4n) is 3.29. The largest absolute Gasteiger partial charge is 0.446 e. The van der Waals surface area contributed by atoms with Crippen LogP contribution >= 0.6 is 0 Å². The smallest absolute Gasteiger partial charge is 0.273 e. The lowest BCUT2D eigenvalue weighted by Gasteiger charge is -2.21. The van der Waals surface area contributed by atoms with Gasteiger partial charge in [-0.2, -0.15) is 0 Å². The lowest BCUT2D eigenvalue weighted by Crippen LogP contribution is -2.33. The van der Waals surface area contributed by atoms with Crippen molar-refractivity contribution in [3.63, 3.8) is 0 Å². The van der Waals surface area contributed by atoms with Gasteiger partial charge in [-0.3, -0.25) is 9.59 Å². The molecule has 0 aliphatic heterocycles. The zero-order chi connectivity index (χ0) is 19.5. The minimum absolute atomic E-state index is 0.0725. The van der Waals surface area contributed by atoms with E-state index in [1.165, 1.54) is 31.9 Å². The Morgan fingerprint density at radius 1 is 1.26 bits per heavy atom. The molecule has 0 bridgehead atoms. The zero-order valence-corrected chi connectivity index (χ0v) is 16.4. The molecule has 0 aromatic carbocycles. The molecule has 8 nitrogen and oxygen atoms in total. The second-order valence-corrected chi connectivity index (χ2v) is 6.87. The Labute approximate surface area is 160 Å². The molecule has 27 heavy (non-hydrogen) atoms. The summed E-state index contributed by atoms with van der Waals surface area (Å²) in [7, 11) is 3.17. The molecular formula is C19H31N3O5. The van der Waals surface area contributed by atoms with Crippen molar-refractivity contribution in [3.8, 4) is 0 Å². The number of carbonyl (C=O) groups is 2. The van der Waals surface area contributed by atoms with E-state index in [0.717, 1.165) is 6.42 Å². The maximum absolute atomic E-state index is 12.6. The van der Waals surface area contributed by atoms with Gasteiger partial charge < -0.3 is 24.1 Å². The van der Waals surface area contributed by atoms with Crippen LogP contribution in [0.25, 0.3) is 0 Å². The molecule has 0 spiro atoms. The molecule has 1 aliphatic carbocycles. The van der Waals surface area contributed by atoms with Crippen LogP contribution < -0.4 is 5.32 Å². The normalized spacial score (nSPS) is 14.4. The minimum Gasteiger partial charge on any atom is -0.446 e. The highest BCUT2D eigenvalue weighted by Crippen LogP contribution is 2.28. The highest BCUT2D eigenvalue weighted by atomic mass is 16.5. The number of amides is 2. The summed E-state index contributed by atoms with van der Waals surface area (Å²) in [5.74, 6) is 0.765. The van der Waals surface area contributed by atoms with Crippen LogP contribution in [0.3, 0.4) is 0 Å². The average Bonchev–Trinajstić information content (AvgIpc) is 3.35. The molecule has 1 saturated carbocycles. The Morgan fingerprint density at radius 3 is 2.70 bits per heavy atom. The standard InChI is InChI=1S/C19H31N3O5/c1-25-11-9-20-19(24)16-14-27-17(21-16)13-22(10-12-26-2)18(23)8-7-15-5-3-4-6-15/h14-15H,3-13H2,1-2H3,(H,20,24). The monoisotopic (exact) mass is 381 g/mol. The summed E-state index contributed by atoms with van der Waals surface area (Å²) in [5, 5.41) is 2.69. The fraction of sp³-hybridized carbons (Fsp3) is 0.737. The van der Waals surface area contributed by atoms with Crippen LogP contribution in [-0.2, 0) is 20.8 Å². The molecule has 1 fully saturated rings. The van der Waals surface area contributed by atoms with E-state index in [9.17, 15) is 9.59 Å². The van der Waals surface area contributed by atoms with Crippen LogP contribution in [0.5, 0.6) is 0 Å². The van der Waals surface area contributed by atoms with Gasteiger partial charge in [0.2, 0.25) is 11.8 Å². The summed E-state index contributed by atoms with van der Waals surface area (Å²) in [6.45, 7) is 1.98. The first-order valence-corrected chi connectivity index (χ1v) is 9.62. The summed E-state index contributed by atoms with van der Waals surface area (Å²) in [5.41, 5.74) is 0.200. The molecule has 1 aromatic rings. The Morgan fingerprint density at radius 2 is 2.00 bits per heavy atom. The molecule has 1 heterocycles. The topological polar surface area (TPSA) is 93.9 Å². The second kappa shape index (κ2) is 11.7. The SMILES string of the molecule is COCCNC(=O)c1coc(CN(CCOC)C(=O)CCC2CCCC2)n1. The Hall–Kier alpha value is -1.93. The van der Waals surface area contributed by atoms with E-state index in [1.54, 1.807) is 19.1 Å². The van der Waals surface area contributed by atoms with E-state index in [2.05, 4.69) is 10.3 Å². The number of hydrogen-bond donors (Lipinski definition) is 1. The molecule has 1 aromatic heterocycles. The summed E-state index contributed by atoms with van der Waals surface area (Å²) in [4.78, 5) is 30.5. The van der Waals surface area contributed by atoms with Crippen LogP contribution in [0.15, 0.2) is 10.7 Å². The predicted molar refractivity (Wildman–Crippen MR) is 99.2 cm³/mol. The number of hydrogen-bond acceptors (Lipinski definition) is 6. The van der Waals surface area contributed by atoms with Crippen molar-refractivity contribution in [3.05, 3.63) is 17.8 Å². The molecular weight excluding hydrogens is 350 g/mol. The van der Waals surface area contributed by atoms with Gasteiger partial charge in [-0.1, -0.05) is 25.7 Å². The molecule has 0 unspecified atom stereocenters. The van der Waals surface area contributed by atoms with Crippen molar-refractivity contribution in [1.82, 2.24) is 15.2 Å². The number of carbonyl (C=O) groups excluding carboxylic acids is 2. The van der Waals surface area contributed by atoms with Gasteiger partial charge in [-0.05, 0) is 12.3 Å². The number of methoxy groups -OCH3 is 2. The molecule has 1 aliphatic rings. The van der Waals surface area contributed by atoms with Crippen LogP contribution in [0, 0.1) is 5.92 Å². The lowest BCUT2D eigenvalue weighted by molar-refractivity contribution is -0.133. The van der Waals surface area contributed by atoms with Gasteiger partial charge in [-0.15, -0.1) is 0 Å². The number of nitrogens with zero attached hydrogens (tertiary/aromatic N) is 2. The Bertz CT molecular complexity index is 584. The van der Waals surface area contributed by atoms with Crippen molar-refractivity contribution < 1.29 is 23.5 Å². The van der Waals surface area contributed by atoms with Gasteiger partial charge in [0.05, 0.1) is 19.8 Å². The van der Waals surface area contributed by atoms with Crippen LogP contribution in [0.4, 0.5) is 0 Å². The molecule has 0 atom stereocenters. The van der Waals surface area contributed by atoms with Gasteiger partial charge in [0, 0.05) is 33.7 Å². The first kappa shape index (κ1) is 21.4. The highest BCUT2D eigenvalue weighted by molar-refractivity contribution is 5.91. The molecule has 0 saturated heterocycles. The fourth-order valence-corrected chi connectivity index (χ4v) is 3.29. The Balaban J connectivity index is 1.88. The van der Waals surface area contributed by atoms with E-state index < -0.39 is 0 Å². The third-order valence-corrected chi connectivity index (χ3v) is 4.86. The quantitative estimate of drug-likeness (QED) is 0.557. The first-order chi connectivity index (χ1) is 13.1. The maximum atomic E-state index is 12.6. The van der Waals surface area contributed by atoms with Crippen molar-refractivity contribution >= 4 is 11.8 Å². The number of nitrogens with one attached hydrogen (secondary N) is 1. The van der Waals surface area contributed by atoms with E-state index in [1.807, 2.05) is 0 Å².